The fourth-order valence-electron chi connectivity index (χ4n) is 6.09. The van der Waals surface area contributed by atoms with E-state index in [1.54, 1.807) is 0 Å². The van der Waals surface area contributed by atoms with Gasteiger partial charge in [0.15, 0.2) is 0 Å². The van der Waals surface area contributed by atoms with E-state index < -0.39 is 0 Å². The molecule has 6 nitrogen and oxygen atoms in total. The maximum atomic E-state index is 12.8. The molecule has 0 spiro atoms. The second-order valence-electron chi connectivity index (χ2n) is 10.3. The van der Waals surface area contributed by atoms with Crippen LogP contribution < -0.4 is 16.0 Å². The number of hydrogen-bond donors (Lipinski definition) is 3. The van der Waals surface area contributed by atoms with Gasteiger partial charge in [-0.25, -0.2) is 0 Å². The lowest BCUT2D eigenvalue weighted by Crippen LogP contribution is -2.45. The summed E-state index contributed by atoms with van der Waals surface area (Å²) in [5, 5.41) is 10.4. The summed E-state index contributed by atoms with van der Waals surface area (Å²) in [5.41, 5.74) is 0. The third-order valence-corrected chi connectivity index (χ3v) is 8.58. The molecule has 3 N–H and O–H groups in total. The van der Waals surface area contributed by atoms with Crippen molar-refractivity contribution in [2.45, 2.75) is 88.1 Å². The molecule has 3 unspecified atom stereocenters. The minimum Gasteiger partial charge on any atom is -0.355 e. The zero-order chi connectivity index (χ0) is 21.6. The number of piperidine rings is 2. The second kappa shape index (κ2) is 11.3. The minimum absolute atomic E-state index is 0.00347. The number of fused-ring (bicyclic) bond motifs is 1. The van der Waals surface area contributed by atoms with Crippen molar-refractivity contribution in [2.24, 2.45) is 17.8 Å². The van der Waals surface area contributed by atoms with E-state index in [0.717, 1.165) is 103 Å². The highest BCUT2D eigenvalue weighted by Gasteiger charge is 2.38. The minimum atomic E-state index is -0.00347. The van der Waals surface area contributed by atoms with Crippen molar-refractivity contribution >= 4 is 23.4 Å². The van der Waals surface area contributed by atoms with Gasteiger partial charge in [-0.1, -0.05) is 12.8 Å². The van der Waals surface area contributed by atoms with Gasteiger partial charge in [-0.15, -0.1) is 11.6 Å². The van der Waals surface area contributed by atoms with Gasteiger partial charge in [-0.3, -0.25) is 9.59 Å². The number of nitrogens with one attached hydrogen (secondary N) is 3. The standard InChI is InChI=1S/C24H41ClN4O2/c25-20-6-4-18(5-7-20)24(31)29-13-9-17(10-14-29)3-1-2-11-27-23(30)22-15-19-16-26-12-8-21(19)28-22/h17-22,26,28H,1-16H2,(H,27,30). The first-order valence-electron chi connectivity index (χ1n) is 12.8. The molecule has 1 saturated carbocycles. The summed E-state index contributed by atoms with van der Waals surface area (Å²) >= 11 is 6.19. The summed E-state index contributed by atoms with van der Waals surface area (Å²) < 4.78 is 0. The number of carbonyl (C=O) groups excluding carboxylic acids is 2. The van der Waals surface area contributed by atoms with Gasteiger partial charge in [0.2, 0.25) is 11.8 Å². The molecule has 3 saturated heterocycles. The van der Waals surface area contributed by atoms with Gasteiger partial charge in [0.1, 0.15) is 0 Å². The maximum Gasteiger partial charge on any atom is 0.237 e. The van der Waals surface area contributed by atoms with Crippen LogP contribution in [0.3, 0.4) is 0 Å². The number of likely N-dealkylation sites (tertiary alicyclic amines) is 1. The molecule has 0 bridgehead atoms. The molecule has 3 aliphatic heterocycles. The van der Waals surface area contributed by atoms with Crippen LogP contribution in [-0.4, -0.2) is 66.9 Å². The highest BCUT2D eigenvalue weighted by atomic mass is 35.5. The Morgan fingerprint density at radius 3 is 2.52 bits per heavy atom. The molecule has 0 aromatic carbocycles. The molecule has 0 aromatic heterocycles. The van der Waals surface area contributed by atoms with Gasteiger partial charge >= 0.3 is 0 Å². The second-order valence-corrected chi connectivity index (χ2v) is 10.9. The Balaban J connectivity index is 1.05. The molecule has 4 fully saturated rings. The van der Waals surface area contributed by atoms with E-state index in [4.69, 9.17) is 11.6 Å². The van der Waals surface area contributed by atoms with Crippen LogP contribution in [0.4, 0.5) is 0 Å². The summed E-state index contributed by atoms with van der Waals surface area (Å²) in [5.74, 6) is 2.11. The van der Waals surface area contributed by atoms with E-state index in [9.17, 15) is 9.59 Å². The first kappa shape index (κ1) is 23.3. The van der Waals surface area contributed by atoms with Crippen LogP contribution in [-0.2, 0) is 9.59 Å². The number of amides is 2. The quantitative estimate of drug-likeness (QED) is 0.410. The van der Waals surface area contributed by atoms with Gasteiger partial charge in [0.05, 0.1) is 6.04 Å². The molecule has 7 heteroatoms. The number of unbranched alkanes of at least 4 members (excludes halogenated alkanes) is 1. The fourth-order valence-corrected chi connectivity index (χ4v) is 6.35. The van der Waals surface area contributed by atoms with E-state index in [1.165, 1.54) is 6.42 Å². The topological polar surface area (TPSA) is 73.5 Å². The predicted octanol–water partition coefficient (Wildman–Crippen LogP) is 2.65. The molecular formula is C24H41ClN4O2. The van der Waals surface area contributed by atoms with Gasteiger partial charge in [0, 0.05) is 37.0 Å². The van der Waals surface area contributed by atoms with Crippen molar-refractivity contribution in [1.29, 1.82) is 0 Å². The van der Waals surface area contributed by atoms with E-state index in [1.807, 2.05) is 0 Å². The van der Waals surface area contributed by atoms with Crippen LogP contribution in [0.25, 0.3) is 0 Å². The van der Waals surface area contributed by atoms with Crippen LogP contribution in [0, 0.1) is 17.8 Å². The van der Waals surface area contributed by atoms with E-state index in [2.05, 4.69) is 20.9 Å². The number of nitrogens with zero attached hydrogens (tertiary/aromatic N) is 1. The molecule has 0 radical (unpaired) electrons. The van der Waals surface area contributed by atoms with E-state index in [-0.39, 0.29) is 23.2 Å². The first-order valence-corrected chi connectivity index (χ1v) is 13.2. The highest BCUT2D eigenvalue weighted by molar-refractivity contribution is 6.20. The highest BCUT2D eigenvalue weighted by Crippen LogP contribution is 2.31. The summed E-state index contributed by atoms with van der Waals surface area (Å²) in [4.78, 5) is 27.3. The van der Waals surface area contributed by atoms with Crippen molar-refractivity contribution in [3.8, 4) is 0 Å². The van der Waals surface area contributed by atoms with Crippen molar-refractivity contribution < 1.29 is 9.59 Å². The van der Waals surface area contributed by atoms with Crippen LogP contribution in [0.15, 0.2) is 0 Å². The SMILES string of the molecule is O=C(NCCCCC1CCN(C(=O)C2CCC(Cl)CC2)CC1)C1CC2CNCCC2N1. The molecule has 1 aliphatic carbocycles. The molecule has 3 heterocycles. The van der Waals surface area contributed by atoms with Crippen LogP contribution in [0.2, 0.25) is 0 Å². The lowest BCUT2D eigenvalue weighted by atomic mass is 9.86. The monoisotopic (exact) mass is 452 g/mol. The van der Waals surface area contributed by atoms with Crippen LogP contribution >= 0.6 is 11.6 Å². The lowest BCUT2D eigenvalue weighted by Gasteiger charge is -2.35. The largest absolute Gasteiger partial charge is 0.355 e. The number of alkyl halides is 1. The molecule has 4 aliphatic rings. The van der Waals surface area contributed by atoms with Gasteiger partial charge < -0.3 is 20.9 Å². The van der Waals surface area contributed by atoms with Gasteiger partial charge in [0.25, 0.3) is 0 Å². The predicted molar refractivity (Wildman–Crippen MR) is 124 cm³/mol. The number of halogens is 1. The Bertz CT molecular complexity index is 588. The van der Waals surface area contributed by atoms with Crippen molar-refractivity contribution in [3.05, 3.63) is 0 Å². The molecule has 31 heavy (non-hydrogen) atoms. The Morgan fingerprint density at radius 1 is 1.00 bits per heavy atom. The Kier molecular flexibility index (Phi) is 8.52. The molecule has 3 atom stereocenters. The van der Waals surface area contributed by atoms with Gasteiger partial charge in [-0.05, 0) is 82.7 Å². The third-order valence-electron chi connectivity index (χ3n) is 8.15. The summed E-state index contributed by atoms with van der Waals surface area (Å²) in [6.07, 6.45) is 11.7. The average molecular weight is 453 g/mol. The Hall–Kier alpha value is -0.850. The van der Waals surface area contributed by atoms with E-state index >= 15 is 0 Å². The summed E-state index contributed by atoms with van der Waals surface area (Å²) in [7, 11) is 0. The maximum absolute atomic E-state index is 12.8. The smallest absolute Gasteiger partial charge is 0.237 e. The molecule has 176 valence electrons. The van der Waals surface area contributed by atoms with Crippen LogP contribution in [0.5, 0.6) is 0 Å². The van der Waals surface area contributed by atoms with Crippen molar-refractivity contribution in [3.63, 3.8) is 0 Å². The van der Waals surface area contributed by atoms with Crippen molar-refractivity contribution in [2.75, 3.05) is 32.7 Å². The molecule has 4 rings (SSSR count). The third kappa shape index (κ3) is 6.35. The lowest BCUT2D eigenvalue weighted by molar-refractivity contribution is -0.138. The van der Waals surface area contributed by atoms with E-state index in [0.29, 0.717) is 17.9 Å². The number of hydrogen-bond acceptors (Lipinski definition) is 4. The summed E-state index contributed by atoms with van der Waals surface area (Å²) in [6.45, 7) is 4.73. The van der Waals surface area contributed by atoms with Crippen LogP contribution in [0.1, 0.15) is 70.6 Å². The first-order chi connectivity index (χ1) is 15.1. The Labute approximate surface area is 192 Å². The van der Waals surface area contributed by atoms with Gasteiger partial charge in [-0.2, -0.15) is 0 Å². The zero-order valence-corrected chi connectivity index (χ0v) is 19.7. The number of carbonyl (C=O) groups is 2. The zero-order valence-electron chi connectivity index (χ0n) is 18.9. The molecule has 2 amide bonds. The molecule has 0 aromatic rings. The molecular weight excluding hydrogens is 412 g/mol. The fraction of sp³-hybridized carbons (Fsp3) is 0.917. The summed E-state index contributed by atoms with van der Waals surface area (Å²) in [6, 6.07) is 0.515. The Morgan fingerprint density at radius 2 is 1.77 bits per heavy atom. The van der Waals surface area contributed by atoms with Crippen molar-refractivity contribution in [1.82, 2.24) is 20.9 Å². The normalized spacial score (nSPS) is 34.4. The average Bonchev–Trinajstić information content (AvgIpc) is 3.24. The number of rotatable bonds is 7.